The monoisotopic (exact) mass is 227 g/mol. The fourth-order valence-electron chi connectivity index (χ4n) is 0.738. The number of aliphatic carboxylic acids is 1. The smallest absolute Gasteiger partial charge is 0.342 e. The van der Waals surface area contributed by atoms with Crippen LogP contribution in [0.15, 0.2) is 0 Å². The van der Waals surface area contributed by atoms with Gasteiger partial charge in [0, 0.05) is 0 Å². The van der Waals surface area contributed by atoms with Gasteiger partial charge in [0.2, 0.25) is 6.10 Å². The number of aliphatic hydroxyl groups excluding tert-OH is 2. The highest BCUT2D eigenvalue weighted by molar-refractivity contribution is 7.85. The van der Waals surface area contributed by atoms with E-state index in [1.165, 1.54) is 0 Å². The number of rotatable bonds is 6. The molecule has 0 fully saturated rings. The lowest BCUT2D eigenvalue weighted by Crippen LogP contribution is -2.26. The molecule has 0 amide bonds. The average molecular weight is 227 g/mol. The molecule has 0 saturated carbocycles. The molecule has 0 rings (SSSR count). The van der Waals surface area contributed by atoms with E-state index < -0.39 is 34.0 Å². The van der Waals surface area contributed by atoms with Crippen molar-refractivity contribution in [3.63, 3.8) is 0 Å². The van der Waals surface area contributed by atoms with Gasteiger partial charge in [0.25, 0.3) is 10.1 Å². The Kier molecular flexibility index (Phi) is 4.99. The van der Waals surface area contributed by atoms with E-state index in [0.717, 1.165) is 0 Å². The van der Waals surface area contributed by atoms with E-state index in [2.05, 4.69) is 0 Å². The second-order valence-corrected chi connectivity index (χ2v) is 4.21. The highest BCUT2D eigenvalue weighted by Gasteiger charge is 2.25. The first-order valence-corrected chi connectivity index (χ1v) is 5.27. The SMILES string of the molecule is O=C(O)[C](O)C(O)CCCS(=O)(=O)O. The Morgan fingerprint density at radius 2 is 1.79 bits per heavy atom. The summed E-state index contributed by atoms with van der Waals surface area (Å²) in [4.78, 5) is 10.1. The van der Waals surface area contributed by atoms with Gasteiger partial charge in [-0.05, 0) is 12.8 Å². The highest BCUT2D eigenvalue weighted by Crippen LogP contribution is 2.09. The van der Waals surface area contributed by atoms with E-state index in [4.69, 9.17) is 19.9 Å². The summed E-state index contributed by atoms with van der Waals surface area (Å²) in [6.07, 6.45) is -3.15. The van der Waals surface area contributed by atoms with Gasteiger partial charge in [-0.2, -0.15) is 8.42 Å². The van der Waals surface area contributed by atoms with Gasteiger partial charge in [-0.25, -0.2) is 4.79 Å². The zero-order valence-corrected chi connectivity index (χ0v) is 7.94. The summed E-state index contributed by atoms with van der Waals surface area (Å²) in [5.41, 5.74) is 0. The minimum atomic E-state index is -4.12. The van der Waals surface area contributed by atoms with Crippen molar-refractivity contribution in [3.05, 3.63) is 6.10 Å². The van der Waals surface area contributed by atoms with Gasteiger partial charge in [0.05, 0.1) is 11.9 Å². The summed E-state index contributed by atoms with van der Waals surface area (Å²) < 4.78 is 28.7. The molecule has 0 aromatic rings. The van der Waals surface area contributed by atoms with Crippen molar-refractivity contribution in [1.82, 2.24) is 0 Å². The van der Waals surface area contributed by atoms with Gasteiger partial charge in [-0.1, -0.05) is 0 Å². The molecule has 1 atom stereocenters. The maximum Gasteiger partial charge on any atom is 0.342 e. The molecule has 83 valence electrons. The standard InChI is InChI=1S/C6H11O7S/c7-4(5(8)6(9)10)2-1-3-14(11,12)13/h4,7-8H,1-3H2,(H,9,10)(H,11,12,13). The zero-order valence-electron chi connectivity index (χ0n) is 7.12. The van der Waals surface area contributed by atoms with Crippen LogP contribution in [0.25, 0.3) is 0 Å². The van der Waals surface area contributed by atoms with Crippen LogP contribution >= 0.6 is 0 Å². The number of carboxylic acid groups (broad SMARTS) is 1. The van der Waals surface area contributed by atoms with Crippen LogP contribution in [0.5, 0.6) is 0 Å². The zero-order chi connectivity index (χ0) is 11.4. The van der Waals surface area contributed by atoms with Gasteiger partial charge in [0.15, 0.2) is 0 Å². The molecule has 1 unspecified atom stereocenters. The Bertz CT molecular complexity index is 283. The Balaban J connectivity index is 3.86. The predicted octanol–water partition coefficient (Wildman–Crippen LogP) is -0.996. The van der Waals surface area contributed by atoms with Crippen LogP contribution in [0.3, 0.4) is 0 Å². The van der Waals surface area contributed by atoms with Crippen LogP contribution in [0.4, 0.5) is 0 Å². The molecule has 0 aliphatic rings. The molecule has 0 saturated heterocycles. The van der Waals surface area contributed by atoms with Crippen LogP contribution in [-0.2, 0) is 14.9 Å². The average Bonchev–Trinajstić information content (AvgIpc) is 2.00. The number of hydrogen-bond donors (Lipinski definition) is 4. The maximum atomic E-state index is 10.2. The van der Waals surface area contributed by atoms with Crippen molar-refractivity contribution in [2.75, 3.05) is 5.75 Å². The lowest BCUT2D eigenvalue weighted by molar-refractivity contribution is -0.142. The van der Waals surface area contributed by atoms with Gasteiger partial charge < -0.3 is 15.3 Å². The van der Waals surface area contributed by atoms with E-state index in [1.54, 1.807) is 0 Å². The molecule has 0 aromatic carbocycles. The number of aliphatic hydroxyl groups is 2. The van der Waals surface area contributed by atoms with Crippen LogP contribution in [0, 0.1) is 6.10 Å². The second-order valence-electron chi connectivity index (χ2n) is 2.63. The van der Waals surface area contributed by atoms with E-state index in [0.29, 0.717) is 0 Å². The van der Waals surface area contributed by atoms with Crippen molar-refractivity contribution in [2.24, 2.45) is 0 Å². The normalized spacial score (nSPS) is 14.3. The third-order valence-electron chi connectivity index (χ3n) is 1.41. The third-order valence-corrected chi connectivity index (χ3v) is 2.22. The molecule has 0 aromatic heterocycles. The summed E-state index contributed by atoms with van der Waals surface area (Å²) in [7, 11) is -4.12. The largest absolute Gasteiger partial charge is 0.479 e. The first kappa shape index (κ1) is 13.3. The Morgan fingerprint density at radius 1 is 1.29 bits per heavy atom. The molecule has 1 radical (unpaired) electrons. The third kappa shape index (κ3) is 5.86. The molecule has 0 bridgehead atoms. The van der Waals surface area contributed by atoms with Crippen molar-refractivity contribution >= 4 is 16.1 Å². The lowest BCUT2D eigenvalue weighted by atomic mass is 10.1. The van der Waals surface area contributed by atoms with Crippen LogP contribution in [0.2, 0.25) is 0 Å². The summed E-state index contributed by atoms with van der Waals surface area (Å²) in [6, 6.07) is 0. The number of carboxylic acids is 1. The highest BCUT2D eigenvalue weighted by atomic mass is 32.2. The topological polar surface area (TPSA) is 132 Å². The minimum Gasteiger partial charge on any atom is -0.479 e. The molecule has 14 heavy (non-hydrogen) atoms. The van der Waals surface area contributed by atoms with Gasteiger partial charge in [-0.15, -0.1) is 0 Å². The molecule has 0 spiro atoms. The molecule has 0 aliphatic carbocycles. The van der Waals surface area contributed by atoms with Crippen molar-refractivity contribution in [3.8, 4) is 0 Å². The second kappa shape index (κ2) is 5.25. The van der Waals surface area contributed by atoms with Crippen LogP contribution < -0.4 is 0 Å². The number of carbonyl (C=O) groups is 1. The summed E-state index contributed by atoms with van der Waals surface area (Å²) in [5.74, 6) is -2.25. The van der Waals surface area contributed by atoms with E-state index in [9.17, 15) is 13.2 Å². The fraction of sp³-hybridized carbons (Fsp3) is 0.667. The fourth-order valence-corrected chi connectivity index (χ4v) is 1.27. The summed E-state index contributed by atoms with van der Waals surface area (Å²) in [6.45, 7) is 0. The summed E-state index contributed by atoms with van der Waals surface area (Å²) >= 11 is 0. The summed E-state index contributed by atoms with van der Waals surface area (Å²) in [5, 5.41) is 25.8. The Labute approximate surface area is 80.7 Å². The molecule has 0 aliphatic heterocycles. The maximum absolute atomic E-state index is 10.2. The van der Waals surface area contributed by atoms with Gasteiger partial charge in [-0.3, -0.25) is 4.55 Å². The van der Waals surface area contributed by atoms with Crippen molar-refractivity contribution in [1.29, 1.82) is 0 Å². The van der Waals surface area contributed by atoms with E-state index >= 15 is 0 Å². The number of hydrogen-bond acceptors (Lipinski definition) is 5. The van der Waals surface area contributed by atoms with Gasteiger partial charge in [0.1, 0.15) is 0 Å². The van der Waals surface area contributed by atoms with Crippen LogP contribution in [0.1, 0.15) is 12.8 Å². The molecular formula is C6H11O7S. The first-order valence-electron chi connectivity index (χ1n) is 3.66. The van der Waals surface area contributed by atoms with E-state index in [-0.39, 0.29) is 12.8 Å². The minimum absolute atomic E-state index is 0.142. The quantitative estimate of drug-likeness (QED) is 0.428. The molecule has 7 nitrogen and oxygen atoms in total. The molecular weight excluding hydrogens is 216 g/mol. The van der Waals surface area contributed by atoms with Gasteiger partial charge >= 0.3 is 5.97 Å². The Morgan fingerprint density at radius 3 is 2.14 bits per heavy atom. The predicted molar refractivity (Wildman–Crippen MR) is 44.5 cm³/mol. The molecule has 0 heterocycles. The first-order chi connectivity index (χ1) is 6.24. The molecule has 8 heteroatoms. The molecule has 4 N–H and O–H groups in total. The van der Waals surface area contributed by atoms with Crippen molar-refractivity contribution in [2.45, 2.75) is 18.9 Å². The van der Waals surface area contributed by atoms with Crippen molar-refractivity contribution < 1.29 is 33.1 Å². The van der Waals surface area contributed by atoms with E-state index in [1.807, 2.05) is 0 Å². The van der Waals surface area contributed by atoms with Crippen LogP contribution in [-0.4, -0.2) is 46.1 Å². The Hall–Kier alpha value is -0.700. The lowest BCUT2D eigenvalue weighted by Gasteiger charge is -2.11.